The molecule has 0 unspecified atom stereocenters. The predicted molar refractivity (Wildman–Crippen MR) is 185 cm³/mol. The van der Waals surface area contributed by atoms with Crippen LogP contribution in [0.2, 0.25) is 0 Å². The lowest BCUT2D eigenvalue weighted by Gasteiger charge is -2.23. The third kappa shape index (κ3) is 11.9. The highest BCUT2D eigenvalue weighted by molar-refractivity contribution is 6.77. The number of unbranched alkanes of at least 4 members (excludes halogenated alkanes) is 1. The summed E-state index contributed by atoms with van der Waals surface area (Å²) in [6.45, 7) is 2.65. The van der Waals surface area contributed by atoms with E-state index in [4.69, 9.17) is 49.0 Å². The number of benzene rings is 3. The van der Waals surface area contributed by atoms with Gasteiger partial charge in [-0.05, 0) is 60.7 Å². The molecule has 0 aliphatic carbocycles. The van der Waals surface area contributed by atoms with Crippen molar-refractivity contribution in [1.29, 1.82) is 0 Å². The van der Waals surface area contributed by atoms with E-state index in [0.717, 1.165) is 65.9 Å². The first-order chi connectivity index (χ1) is 22.3. The lowest BCUT2D eigenvalue weighted by molar-refractivity contribution is -0.140. The van der Waals surface area contributed by atoms with Gasteiger partial charge < -0.3 is 14.2 Å². The van der Waals surface area contributed by atoms with Crippen LogP contribution < -0.4 is 4.74 Å². The molecule has 0 N–H and O–H groups in total. The summed E-state index contributed by atoms with van der Waals surface area (Å²) >= 11 is 17.7. The minimum Gasteiger partial charge on any atom is -0.489 e. The summed E-state index contributed by atoms with van der Waals surface area (Å²) in [6.07, 6.45) is 2.75. The molecule has 0 spiro atoms. The zero-order valence-corrected chi connectivity index (χ0v) is 28.4. The maximum Gasteiger partial charge on any atom is 0.337 e. The normalized spacial score (nSPS) is 12.3. The van der Waals surface area contributed by atoms with E-state index in [-0.39, 0.29) is 22.1 Å². The molecule has 0 fully saturated rings. The second kappa shape index (κ2) is 19.7. The Bertz CT molecular complexity index is 1520. The van der Waals surface area contributed by atoms with E-state index in [9.17, 15) is 9.59 Å². The topological polar surface area (TPSA) is 89.8 Å². The maximum absolute atomic E-state index is 11.9. The minimum atomic E-state index is -0.362. The van der Waals surface area contributed by atoms with Gasteiger partial charge in [0.2, 0.25) is 0 Å². The quantitative estimate of drug-likeness (QED) is 0.0662. The van der Waals surface area contributed by atoms with Crippen LogP contribution in [0.3, 0.4) is 0 Å². The number of methoxy groups -OCH3 is 2. The Labute approximate surface area is 285 Å². The third-order valence-corrected chi connectivity index (χ3v) is 8.10. The van der Waals surface area contributed by atoms with Gasteiger partial charge in [-0.1, -0.05) is 89.4 Å². The van der Waals surface area contributed by atoms with Gasteiger partial charge in [-0.3, -0.25) is 14.7 Å². The van der Waals surface area contributed by atoms with Gasteiger partial charge in [0, 0.05) is 37.7 Å². The van der Waals surface area contributed by atoms with Gasteiger partial charge in [-0.25, -0.2) is 9.79 Å². The Morgan fingerprint density at radius 3 is 2.17 bits per heavy atom. The van der Waals surface area contributed by atoms with Crippen molar-refractivity contribution < 1.29 is 23.8 Å². The highest BCUT2D eigenvalue weighted by atomic mass is 35.5. The van der Waals surface area contributed by atoms with Crippen molar-refractivity contribution in [3.8, 4) is 5.75 Å². The van der Waals surface area contributed by atoms with E-state index in [2.05, 4.69) is 21.0 Å². The Morgan fingerprint density at radius 1 is 0.848 bits per heavy atom. The molecule has 0 atom stereocenters. The summed E-state index contributed by atoms with van der Waals surface area (Å²) in [4.78, 5) is 34.2. The van der Waals surface area contributed by atoms with Crippen LogP contribution in [0.1, 0.15) is 51.9 Å². The van der Waals surface area contributed by atoms with Crippen LogP contribution >= 0.6 is 34.8 Å². The fraction of sp³-hybridized carbons (Fsp3) is 0.314. The molecule has 0 radical (unpaired) electrons. The van der Waals surface area contributed by atoms with Gasteiger partial charge in [0.25, 0.3) is 0 Å². The van der Waals surface area contributed by atoms with Gasteiger partial charge in [0.05, 0.1) is 24.8 Å². The molecule has 3 rings (SSSR count). The number of allylic oxidation sites excluding steroid dienone is 1. The zero-order chi connectivity index (χ0) is 33.3. The second-order valence-electron chi connectivity index (χ2n) is 10.2. The van der Waals surface area contributed by atoms with Gasteiger partial charge in [-0.15, -0.1) is 0 Å². The lowest BCUT2D eigenvalue weighted by Crippen LogP contribution is -2.27. The van der Waals surface area contributed by atoms with E-state index >= 15 is 0 Å². The lowest BCUT2D eigenvalue weighted by atomic mass is 10.1. The van der Waals surface area contributed by atoms with Crippen molar-refractivity contribution in [3.05, 3.63) is 111 Å². The molecule has 11 heteroatoms. The van der Waals surface area contributed by atoms with Crippen molar-refractivity contribution in [2.75, 3.05) is 34.4 Å². The molecule has 3 aromatic carbocycles. The van der Waals surface area contributed by atoms with Crippen LogP contribution in [0.25, 0.3) is 0 Å². The van der Waals surface area contributed by atoms with Gasteiger partial charge in [0.15, 0.2) is 11.0 Å². The van der Waals surface area contributed by atoms with Crippen molar-refractivity contribution in [2.24, 2.45) is 9.98 Å². The molecular weight excluding hydrogens is 649 g/mol. The molecule has 0 heterocycles. The average Bonchev–Trinajstić information content (AvgIpc) is 3.10. The SMILES string of the molecule is CN=C(N=C(Cl)/C(Cl)=C/Cl)c1ccc(COc2ccccc2CCN(CCCCC(=O)OC)Cc2ccc(C(=O)OC)cc2)cc1. The molecule has 0 aliphatic rings. The number of amidine groups is 1. The largest absolute Gasteiger partial charge is 0.489 e. The van der Waals surface area contributed by atoms with E-state index in [1.54, 1.807) is 19.2 Å². The molecule has 0 saturated carbocycles. The van der Waals surface area contributed by atoms with Crippen LogP contribution in [0, 0.1) is 0 Å². The Balaban J connectivity index is 1.65. The number of nitrogens with zero attached hydrogens (tertiary/aromatic N) is 3. The van der Waals surface area contributed by atoms with Crippen LogP contribution in [-0.4, -0.2) is 62.2 Å². The number of aliphatic imine (C=N–C) groups is 2. The Kier molecular flexibility index (Phi) is 15.8. The number of hydrogen-bond donors (Lipinski definition) is 0. The first-order valence-corrected chi connectivity index (χ1v) is 15.9. The number of hydrogen-bond acceptors (Lipinski definition) is 7. The van der Waals surface area contributed by atoms with Crippen LogP contribution in [0.5, 0.6) is 5.75 Å². The smallest absolute Gasteiger partial charge is 0.337 e. The molecule has 244 valence electrons. The first-order valence-electron chi connectivity index (χ1n) is 14.7. The van der Waals surface area contributed by atoms with Crippen molar-refractivity contribution in [2.45, 2.75) is 38.8 Å². The van der Waals surface area contributed by atoms with E-state index in [1.165, 1.54) is 14.2 Å². The molecule has 0 aliphatic heterocycles. The van der Waals surface area contributed by atoms with Crippen LogP contribution in [0.4, 0.5) is 0 Å². The molecule has 0 saturated heterocycles. The monoisotopic (exact) mass is 685 g/mol. The Morgan fingerprint density at radius 2 is 1.52 bits per heavy atom. The van der Waals surface area contributed by atoms with Crippen LogP contribution in [0.15, 0.2) is 93.3 Å². The number of halogens is 3. The molecule has 0 bridgehead atoms. The number of rotatable bonds is 16. The number of para-hydroxylation sites is 1. The summed E-state index contributed by atoms with van der Waals surface area (Å²) in [6, 6.07) is 23.2. The number of carbonyl (C=O) groups is 2. The number of carbonyl (C=O) groups excluding carboxylic acids is 2. The van der Waals surface area contributed by atoms with Crippen molar-refractivity contribution >= 4 is 57.7 Å². The fourth-order valence-electron chi connectivity index (χ4n) is 4.57. The number of esters is 2. The fourth-order valence-corrected chi connectivity index (χ4v) is 4.91. The molecule has 3 aromatic rings. The summed E-state index contributed by atoms with van der Waals surface area (Å²) in [5.41, 5.74) is 5.58. The zero-order valence-electron chi connectivity index (χ0n) is 26.2. The standard InChI is InChI=1S/C35H38Cl3N3O5/c1-39-34(40-33(38)30(37)22-36)28-15-13-26(14-16-28)24-46-31-9-5-4-8-27(31)19-21-41(20-7-6-10-32(42)44-2)23-25-11-17-29(18-12-25)35(43)45-3/h4-5,8-9,11-18,22H,6-7,10,19-21,23-24H2,1-3H3/b30-22-,39-34?,40-33?. The molecular formula is C35H38Cl3N3O5. The van der Waals surface area contributed by atoms with Gasteiger partial charge >= 0.3 is 11.9 Å². The van der Waals surface area contributed by atoms with E-state index in [0.29, 0.717) is 31.0 Å². The molecule has 0 amide bonds. The summed E-state index contributed by atoms with van der Waals surface area (Å²) in [5, 5.41) is 0.182. The van der Waals surface area contributed by atoms with Gasteiger partial charge in [-0.2, -0.15) is 0 Å². The minimum absolute atomic E-state index is 0.0533. The molecule has 0 aromatic heterocycles. The summed E-state index contributed by atoms with van der Waals surface area (Å²) < 4.78 is 15.9. The molecule has 8 nitrogen and oxygen atoms in total. The molecule has 46 heavy (non-hydrogen) atoms. The van der Waals surface area contributed by atoms with Crippen molar-refractivity contribution in [1.82, 2.24) is 4.90 Å². The Hall–Kier alpha value is -3.69. The van der Waals surface area contributed by atoms with Crippen LogP contribution in [-0.2, 0) is 33.8 Å². The summed E-state index contributed by atoms with van der Waals surface area (Å²) in [7, 11) is 4.40. The predicted octanol–water partition coefficient (Wildman–Crippen LogP) is 7.77. The second-order valence-corrected chi connectivity index (χ2v) is 11.2. The van der Waals surface area contributed by atoms with Gasteiger partial charge in [0.1, 0.15) is 12.4 Å². The van der Waals surface area contributed by atoms with Crippen molar-refractivity contribution in [3.63, 3.8) is 0 Å². The first kappa shape index (κ1) is 36.8. The highest BCUT2D eigenvalue weighted by Gasteiger charge is 2.12. The van der Waals surface area contributed by atoms with E-state index in [1.807, 2.05) is 54.6 Å². The highest BCUT2D eigenvalue weighted by Crippen LogP contribution is 2.22. The maximum atomic E-state index is 11.9. The average molecular weight is 687 g/mol. The van der Waals surface area contributed by atoms with E-state index < -0.39 is 0 Å². The summed E-state index contributed by atoms with van der Waals surface area (Å²) in [5.74, 6) is 0.675. The number of ether oxygens (including phenoxy) is 3. The third-order valence-electron chi connectivity index (χ3n) is 7.10.